The molecule has 1 fully saturated rings. The van der Waals surface area contributed by atoms with E-state index >= 15 is 0 Å². The molecule has 6 heteroatoms. The zero-order valence-electron chi connectivity index (χ0n) is 11.2. The summed E-state index contributed by atoms with van der Waals surface area (Å²) in [6.45, 7) is 5.88. The third-order valence-corrected chi connectivity index (χ3v) is 3.83. The first kappa shape index (κ1) is 17.6. The van der Waals surface area contributed by atoms with E-state index in [9.17, 15) is 4.79 Å². The number of nitrogens with two attached hydrogens (primary N) is 1. The molecular weight excluding hydrogens is 256 g/mol. The van der Waals surface area contributed by atoms with Crippen LogP contribution in [0.3, 0.4) is 0 Å². The minimum Gasteiger partial charge on any atom is -0.394 e. The van der Waals surface area contributed by atoms with Crippen molar-refractivity contribution in [2.75, 3.05) is 32.8 Å². The highest BCUT2D eigenvalue weighted by molar-refractivity contribution is 5.85. The molecule has 3 N–H and O–H groups in total. The summed E-state index contributed by atoms with van der Waals surface area (Å²) in [4.78, 5) is 14.3. The molecule has 5 nitrogen and oxygen atoms in total. The summed E-state index contributed by atoms with van der Waals surface area (Å²) < 4.78 is 5.35. The highest BCUT2D eigenvalue weighted by atomic mass is 35.5. The second-order valence-electron chi connectivity index (χ2n) is 4.62. The van der Waals surface area contributed by atoms with E-state index in [1.807, 2.05) is 13.8 Å². The number of carbonyl (C=O) groups is 1. The molecule has 0 bridgehead atoms. The molecule has 1 aliphatic heterocycles. The maximum absolute atomic E-state index is 12.5. The van der Waals surface area contributed by atoms with E-state index in [0.29, 0.717) is 26.2 Å². The number of hydrogen-bond acceptors (Lipinski definition) is 4. The second kappa shape index (κ2) is 7.94. The van der Waals surface area contributed by atoms with Crippen molar-refractivity contribution in [3.63, 3.8) is 0 Å². The van der Waals surface area contributed by atoms with Crippen molar-refractivity contribution in [3.8, 4) is 0 Å². The van der Waals surface area contributed by atoms with Crippen LogP contribution in [0.1, 0.15) is 26.7 Å². The Morgan fingerprint density at radius 1 is 1.50 bits per heavy atom. The Labute approximate surface area is 115 Å². The lowest BCUT2D eigenvalue weighted by Crippen LogP contribution is -2.54. The number of nitrogens with zero attached hydrogens (tertiary/aromatic N) is 1. The van der Waals surface area contributed by atoms with Crippen molar-refractivity contribution in [1.82, 2.24) is 4.90 Å². The van der Waals surface area contributed by atoms with E-state index in [0.717, 1.165) is 12.8 Å². The van der Waals surface area contributed by atoms with Gasteiger partial charge in [0.05, 0.1) is 24.7 Å². The van der Waals surface area contributed by atoms with Gasteiger partial charge in [0.2, 0.25) is 5.91 Å². The number of morpholine rings is 1. The predicted octanol–water partition coefficient (Wildman–Crippen LogP) is 0.393. The van der Waals surface area contributed by atoms with Crippen LogP contribution >= 0.6 is 12.4 Å². The molecule has 1 saturated heterocycles. The van der Waals surface area contributed by atoms with Gasteiger partial charge in [-0.05, 0) is 12.8 Å². The van der Waals surface area contributed by atoms with Gasteiger partial charge in [-0.3, -0.25) is 4.79 Å². The van der Waals surface area contributed by atoms with Crippen LogP contribution in [0.4, 0.5) is 0 Å². The smallest absolute Gasteiger partial charge is 0.230 e. The molecular formula is C12H25ClN2O3. The zero-order valence-corrected chi connectivity index (χ0v) is 12.0. The van der Waals surface area contributed by atoms with Crippen LogP contribution in [0.15, 0.2) is 0 Å². The molecule has 0 aromatic carbocycles. The van der Waals surface area contributed by atoms with Crippen LogP contribution in [0.2, 0.25) is 0 Å². The number of aliphatic hydroxyl groups is 1. The fraction of sp³-hybridized carbons (Fsp3) is 0.917. The molecule has 108 valence electrons. The lowest BCUT2D eigenvalue weighted by atomic mass is 9.80. The van der Waals surface area contributed by atoms with E-state index in [1.165, 1.54) is 0 Å². The van der Waals surface area contributed by atoms with Gasteiger partial charge in [-0.2, -0.15) is 0 Å². The molecule has 1 unspecified atom stereocenters. The summed E-state index contributed by atoms with van der Waals surface area (Å²) in [6, 6.07) is 0. The Balaban J connectivity index is 0.00000289. The minimum atomic E-state index is -0.447. The van der Waals surface area contributed by atoms with Gasteiger partial charge in [0, 0.05) is 19.6 Å². The van der Waals surface area contributed by atoms with Gasteiger partial charge in [0.15, 0.2) is 0 Å². The largest absolute Gasteiger partial charge is 0.394 e. The summed E-state index contributed by atoms with van der Waals surface area (Å²) in [5.41, 5.74) is 5.33. The molecule has 1 atom stereocenters. The third-order valence-electron chi connectivity index (χ3n) is 3.83. The Hall–Kier alpha value is -0.360. The highest BCUT2D eigenvalue weighted by Gasteiger charge is 2.38. The quantitative estimate of drug-likeness (QED) is 0.764. The topological polar surface area (TPSA) is 75.8 Å². The van der Waals surface area contributed by atoms with E-state index < -0.39 is 5.41 Å². The molecule has 1 heterocycles. The van der Waals surface area contributed by atoms with E-state index in [4.69, 9.17) is 15.6 Å². The van der Waals surface area contributed by atoms with E-state index in [2.05, 4.69) is 0 Å². The molecule has 0 aliphatic carbocycles. The second-order valence-corrected chi connectivity index (χ2v) is 4.62. The molecule has 0 aromatic rings. The van der Waals surface area contributed by atoms with Gasteiger partial charge in [-0.25, -0.2) is 0 Å². The van der Waals surface area contributed by atoms with Crippen LogP contribution in [0.25, 0.3) is 0 Å². The van der Waals surface area contributed by atoms with Crippen molar-refractivity contribution in [3.05, 3.63) is 0 Å². The number of halogens is 1. The Morgan fingerprint density at radius 3 is 2.56 bits per heavy atom. The summed E-state index contributed by atoms with van der Waals surface area (Å²) in [5.74, 6) is 0.103. The molecule has 0 saturated carbocycles. The number of ether oxygens (including phenoxy) is 1. The Morgan fingerprint density at radius 2 is 2.11 bits per heavy atom. The van der Waals surface area contributed by atoms with Crippen molar-refractivity contribution in [1.29, 1.82) is 0 Å². The van der Waals surface area contributed by atoms with Crippen molar-refractivity contribution in [2.24, 2.45) is 11.1 Å². The number of aliphatic hydroxyl groups excluding tert-OH is 1. The van der Waals surface area contributed by atoms with Crippen molar-refractivity contribution >= 4 is 18.3 Å². The minimum absolute atomic E-state index is 0. The van der Waals surface area contributed by atoms with Crippen LogP contribution in [-0.4, -0.2) is 54.9 Å². The third kappa shape index (κ3) is 3.57. The lowest BCUT2D eigenvalue weighted by molar-refractivity contribution is -0.151. The Bertz CT molecular complexity index is 251. The normalized spacial score (nSPS) is 20.4. The Kier molecular flexibility index (Phi) is 7.78. The van der Waals surface area contributed by atoms with Gasteiger partial charge in [-0.15, -0.1) is 12.4 Å². The van der Waals surface area contributed by atoms with Gasteiger partial charge in [0.25, 0.3) is 0 Å². The molecule has 18 heavy (non-hydrogen) atoms. The maximum Gasteiger partial charge on any atom is 0.230 e. The van der Waals surface area contributed by atoms with E-state index in [1.54, 1.807) is 4.90 Å². The SMILES string of the molecule is CCC(CC)(CN)C(=O)N1CCOC(CO)C1.Cl. The van der Waals surface area contributed by atoms with Crippen LogP contribution in [0, 0.1) is 5.41 Å². The fourth-order valence-electron chi connectivity index (χ4n) is 2.28. The van der Waals surface area contributed by atoms with Gasteiger partial charge in [0.1, 0.15) is 0 Å². The summed E-state index contributed by atoms with van der Waals surface area (Å²) in [6.07, 6.45) is 1.25. The molecule has 1 rings (SSSR count). The van der Waals surface area contributed by atoms with Gasteiger partial charge < -0.3 is 20.5 Å². The standard InChI is InChI=1S/C12H24N2O3.ClH/c1-3-12(4-2,9-13)11(16)14-5-6-17-10(7-14)8-15;/h10,15H,3-9,13H2,1-2H3;1H. The molecule has 1 amide bonds. The average Bonchev–Trinajstić information content (AvgIpc) is 2.41. The molecule has 0 spiro atoms. The van der Waals surface area contributed by atoms with Crippen molar-refractivity contribution in [2.45, 2.75) is 32.8 Å². The van der Waals surface area contributed by atoms with Crippen molar-refractivity contribution < 1.29 is 14.6 Å². The molecule has 0 aromatic heterocycles. The molecule has 0 radical (unpaired) electrons. The number of hydrogen-bond donors (Lipinski definition) is 2. The van der Waals surface area contributed by atoms with Crippen LogP contribution in [-0.2, 0) is 9.53 Å². The first-order valence-electron chi connectivity index (χ1n) is 6.35. The fourth-order valence-corrected chi connectivity index (χ4v) is 2.28. The summed E-state index contributed by atoms with van der Waals surface area (Å²) >= 11 is 0. The first-order valence-corrected chi connectivity index (χ1v) is 6.35. The monoisotopic (exact) mass is 280 g/mol. The average molecular weight is 281 g/mol. The number of rotatable bonds is 5. The lowest BCUT2D eigenvalue weighted by Gasteiger charge is -2.39. The molecule has 1 aliphatic rings. The highest BCUT2D eigenvalue weighted by Crippen LogP contribution is 2.28. The summed E-state index contributed by atoms with van der Waals surface area (Å²) in [7, 11) is 0. The van der Waals surface area contributed by atoms with Gasteiger partial charge >= 0.3 is 0 Å². The van der Waals surface area contributed by atoms with Crippen LogP contribution in [0.5, 0.6) is 0 Å². The van der Waals surface area contributed by atoms with Gasteiger partial charge in [-0.1, -0.05) is 13.8 Å². The zero-order chi connectivity index (χ0) is 12.9. The van der Waals surface area contributed by atoms with E-state index in [-0.39, 0.29) is 31.0 Å². The number of amides is 1. The summed E-state index contributed by atoms with van der Waals surface area (Å²) in [5, 5.41) is 9.08. The van der Waals surface area contributed by atoms with Crippen LogP contribution < -0.4 is 5.73 Å². The maximum atomic E-state index is 12.5. The predicted molar refractivity (Wildman–Crippen MR) is 72.7 cm³/mol. The number of carbonyl (C=O) groups excluding carboxylic acids is 1. The first-order chi connectivity index (χ1) is 8.13.